The first kappa shape index (κ1) is 15.9. The van der Waals surface area contributed by atoms with Gasteiger partial charge in [-0.1, -0.05) is 43.7 Å². The Kier molecular flexibility index (Phi) is 4.07. The Morgan fingerprint density at radius 3 is 2.39 bits per heavy atom. The number of ether oxygens (including phenoxy) is 2. The molecule has 2 aromatic rings. The van der Waals surface area contributed by atoms with E-state index in [-0.39, 0.29) is 11.5 Å². The van der Waals surface area contributed by atoms with E-state index in [9.17, 15) is 0 Å². The van der Waals surface area contributed by atoms with E-state index in [0.717, 1.165) is 18.0 Å². The third kappa shape index (κ3) is 2.81. The SMILES string of the molecule is COc1cc2c(cc1OC)C(C)(C)CNC2c1cccc(C)c1. The normalized spacial score (nSPS) is 19.1. The molecule has 3 heteroatoms. The molecule has 1 atom stereocenters. The molecule has 0 saturated heterocycles. The summed E-state index contributed by atoms with van der Waals surface area (Å²) in [6.07, 6.45) is 0. The largest absolute Gasteiger partial charge is 0.493 e. The quantitative estimate of drug-likeness (QED) is 0.930. The summed E-state index contributed by atoms with van der Waals surface area (Å²) < 4.78 is 11.0. The molecule has 0 amide bonds. The first-order valence-electron chi connectivity index (χ1n) is 8.02. The Hall–Kier alpha value is -2.00. The zero-order valence-corrected chi connectivity index (χ0v) is 14.6. The van der Waals surface area contributed by atoms with E-state index in [1.54, 1.807) is 14.2 Å². The molecule has 2 aromatic carbocycles. The third-order valence-electron chi connectivity index (χ3n) is 4.72. The van der Waals surface area contributed by atoms with Crippen molar-refractivity contribution in [3.05, 3.63) is 58.7 Å². The van der Waals surface area contributed by atoms with Crippen LogP contribution in [0.15, 0.2) is 36.4 Å². The van der Waals surface area contributed by atoms with Gasteiger partial charge in [-0.05, 0) is 35.7 Å². The van der Waals surface area contributed by atoms with Crippen LogP contribution in [-0.4, -0.2) is 20.8 Å². The Balaban J connectivity index is 2.18. The van der Waals surface area contributed by atoms with Gasteiger partial charge in [0.05, 0.1) is 20.3 Å². The standard InChI is InChI=1S/C20H25NO2/c1-13-7-6-8-14(9-13)19-15-10-17(22-4)18(23-5)11-16(15)20(2,3)12-21-19/h6-11,19,21H,12H2,1-5H3. The molecule has 0 aliphatic carbocycles. The van der Waals surface area contributed by atoms with Crippen LogP contribution in [0.4, 0.5) is 0 Å². The Labute approximate surface area is 138 Å². The van der Waals surface area contributed by atoms with Gasteiger partial charge in [-0.2, -0.15) is 0 Å². The van der Waals surface area contributed by atoms with Gasteiger partial charge in [0.25, 0.3) is 0 Å². The maximum Gasteiger partial charge on any atom is 0.161 e. The van der Waals surface area contributed by atoms with Crippen LogP contribution >= 0.6 is 0 Å². The van der Waals surface area contributed by atoms with Crippen LogP contribution in [0.25, 0.3) is 0 Å². The minimum Gasteiger partial charge on any atom is -0.493 e. The van der Waals surface area contributed by atoms with E-state index >= 15 is 0 Å². The number of fused-ring (bicyclic) bond motifs is 1. The molecule has 0 radical (unpaired) electrons. The highest BCUT2D eigenvalue weighted by Gasteiger charge is 2.34. The van der Waals surface area contributed by atoms with Gasteiger partial charge in [0, 0.05) is 12.0 Å². The summed E-state index contributed by atoms with van der Waals surface area (Å²) in [4.78, 5) is 0. The second kappa shape index (κ2) is 5.89. The molecule has 122 valence electrons. The Morgan fingerprint density at radius 2 is 1.74 bits per heavy atom. The van der Waals surface area contributed by atoms with Gasteiger partial charge >= 0.3 is 0 Å². The van der Waals surface area contributed by atoms with Crippen molar-refractivity contribution in [1.82, 2.24) is 5.32 Å². The van der Waals surface area contributed by atoms with Gasteiger partial charge in [-0.3, -0.25) is 0 Å². The molecule has 0 saturated carbocycles. The summed E-state index contributed by atoms with van der Waals surface area (Å²) in [5.74, 6) is 1.58. The van der Waals surface area contributed by atoms with Crippen molar-refractivity contribution in [2.45, 2.75) is 32.2 Å². The molecule has 3 nitrogen and oxygen atoms in total. The lowest BCUT2D eigenvalue weighted by molar-refractivity contribution is 0.346. The van der Waals surface area contributed by atoms with Crippen LogP contribution in [0.1, 0.15) is 42.1 Å². The zero-order chi connectivity index (χ0) is 16.6. The number of benzene rings is 2. The first-order chi connectivity index (χ1) is 11.0. The highest BCUT2D eigenvalue weighted by Crippen LogP contribution is 2.43. The van der Waals surface area contributed by atoms with Crippen molar-refractivity contribution in [1.29, 1.82) is 0 Å². The maximum atomic E-state index is 5.53. The number of hydrogen-bond acceptors (Lipinski definition) is 3. The number of nitrogens with one attached hydrogen (secondary N) is 1. The van der Waals surface area contributed by atoms with Crippen LogP contribution < -0.4 is 14.8 Å². The maximum absolute atomic E-state index is 5.53. The van der Waals surface area contributed by atoms with Crippen molar-refractivity contribution in [3.8, 4) is 11.5 Å². The summed E-state index contributed by atoms with van der Waals surface area (Å²) >= 11 is 0. The summed E-state index contributed by atoms with van der Waals surface area (Å²) in [7, 11) is 3.38. The predicted molar refractivity (Wildman–Crippen MR) is 93.6 cm³/mol. The van der Waals surface area contributed by atoms with Gasteiger partial charge in [-0.25, -0.2) is 0 Å². The molecule has 3 rings (SSSR count). The molecular weight excluding hydrogens is 286 g/mol. The van der Waals surface area contributed by atoms with Gasteiger partial charge in [0.1, 0.15) is 0 Å². The highest BCUT2D eigenvalue weighted by atomic mass is 16.5. The molecular formula is C20H25NO2. The second-order valence-electron chi connectivity index (χ2n) is 6.91. The van der Waals surface area contributed by atoms with Crippen molar-refractivity contribution in [3.63, 3.8) is 0 Å². The molecule has 0 fully saturated rings. The van der Waals surface area contributed by atoms with Crippen molar-refractivity contribution in [2.75, 3.05) is 20.8 Å². The highest BCUT2D eigenvalue weighted by molar-refractivity contribution is 5.54. The van der Waals surface area contributed by atoms with Crippen LogP contribution in [-0.2, 0) is 5.41 Å². The fourth-order valence-electron chi connectivity index (χ4n) is 3.43. The van der Waals surface area contributed by atoms with Gasteiger partial charge in [0.15, 0.2) is 11.5 Å². The minimum atomic E-state index is 0.0508. The molecule has 0 spiro atoms. The van der Waals surface area contributed by atoms with Crippen LogP contribution in [0, 0.1) is 6.92 Å². The van der Waals surface area contributed by atoms with E-state index in [0.29, 0.717) is 0 Å². The Morgan fingerprint density at radius 1 is 1.04 bits per heavy atom. The predicted octanol–water partition coefficient (Wildman–Crippen LogP) is 3.98. The van der Waals surface area contributed by atoms with Gasteiger partial charge < -0.3 is 14.8 Å². The average molecular weight is 311 g/mol. The van der Waals surface area contributed by atoms with E-state index in [1.807, 2.05) is 0 Å². The molecule has 0 bridgehead atoms. The summed E-state index contributed by atoms with van der Waals surface area (Å²) in [6, 6.07) is 13.1. The molecule has 0 aromatic heterocycles. The van der Waals surface area contributed by atoms with Gasteiger partial charge in [0.2, 0.25) is 0 Å². The van der Waals surface area contributed by atoms with E-state index < -0.39 is 0 Å². The second-order valence-corrected chi connectivity index (χ2v) is 6.91. The number of methoxy groups -OCH3 is 2. The molecule has 1 aliphatic heterocycles. The molecule has 1 unspecified atom stereocenters. The lowest BCUT2D eigenvalue weighted by atomic mass is 9.75. The van der Waals surface area contributed by atoms with E-state index in [4.69, 9.17) is 9.47 Å². The lowest BCUT2D eigenvalue weighted by Crippen LogP contribution is -2.42. The molecule has 1 N–H and O–H groups in total. The molecule has 1 heterocycles. The van der Waals surface area contributed by atoms with Crippen LogP contribution in [0.5, 0.6) is 11.5 Å². The van der Waals surface area contributed by atoms with Crippen LogP contribution in [0.2, 0.25) is 0 Å². The average Bonchev–Trinajstić information content (AvgIpc) is 2.53. The van der Waals surface area contributed by atoms with Crippen molar-refractivity contribution >= 4 is 0 Å². The number of aryl methyl sites for hydroxylation is 1. The summed E-state index contributed by atoms with van der Waals surface area (Å²) in [5, 5.41) is 3.70. The lowest BCUT2D eigenvalue weighted by Gasteiger charge is -2.39. The molecule has 23 heavy (non-hydrogen) atoms. The van der Waals surface area contributed by atoms with Crippen molar-refractivity contribution < 1.29 is 9.47 Å². The van der Waals surface area contributed by atoms with E-state index in [2.05, 4.69) is 62.5 Å². The topological polar surface area (TPSA) is 30.5 Å². The Bertz CT molecular complexity index is 722. The van der Waals surface area contributed by atoms with Gasteiger partial charge in [-0.15, -0.1) is 0 Å². The fourth-order valence-corrected chi connectivity index (χ4v) is 3.43. The van der Waals surface area contributed by atoms with Crippen LogP contribution in [0.3, 0.4) is 0 Å². The molecule has 1 aliphatic rings. The number of rotatable bonds is 3. The fraction of sp³-hybridized carbons (Fsp3) is 0.400. The monoisotopic (exact) mass is 311 g/mol. The zero-order valence-electron chi connectivity index (χ0n) is 14.6. The third-order valence-corrected chi connectivity index (χ3v) is 4.72. The van der Waals surface area contributed by atoms with Crippen molar-refractivity contribution in [2.24, 2.45) is 0 Å². The summed E-state index contributed by atoms with van der Waals surface area (Å²) in [6.45, 7) is 7.58. The smallest absolute Gasteiger partial charge is 0.161 e. The minimum absolute atomic E-state index is 0.0508. The summed E-state index contributed by atoms with van der Waals surface area (Å²) in [5.41, 5.74) is 5.20. The van der Waals surface area contributed by atoms with E-state index in [1.165, 1.54) is 22.3 Å². The first-order valence-corrected chi connectivity index (χ1v) is 8.02. The number of hydrogen-bond donors (Lipinski definition) is 1.